The van der Waals surface area contributed by atoms with Gasteiger partial charge in [-0.05, 0) is 112 Å². The van der Waals surface area contributed by atoms with Gasteiger partial charge in [0, 0.05) is 0 Å². The van der Waals surface area contributed by atoms with Crippen LogP contribution in [0, 0.1) is 40.4 Å². The second-order valence-electron chi connectivity index (χ2n) is 11.8. The molecule has 8 unspecified atom stereocenters. The largest absolute Gasteiger partial charge is 0.390 e. The van der Waals surface area contributed by atoms with Crippen LogP contribution in [0.1, 0.15) is 85.5 Å². The summed E-state index contributed by atoms with van der Waals surface area (Å²) in [6.07, 6.45) is 13.0. The predicted octanol–water partition coefficient (Wildman–Crippen LogP) is 5.09. The monoisotopic (exact) mass is 358 g/mol. The van der Waals surface area contributed by atoms with Crippen LogP contribution in [-0.4, -0.2) is 21.4 Å². The number of aliphatic hydroxyl groups is 2. The molecule has 0 aromatic carbocycles. The minimum Gasteiger partial charge on any atom is -0.390 e. The van der Waals surface area contributed by atoms with Crippen molar-refractivity contribution in [1.29, 1.82) is 0 Å². The molecule has 146 valence electrons. The Morgan fingerprint density at radius 1 is 0.846 bits per heavy atom. The van der Waals surface area contributed by atoms with Crippen molar-refractivity contribution in [2.24, 2.45) is 40.4 Å². The van der Waals surface area contributed by atoms with Gasteiger partial charge in [0.05, 0.1) is 11.2 Å². The van der Waals surface area contributed by atoms with Gasteiger partial charge in [-0.2, -0.15) is 0 Å². The number of allylic oxidation sites excluding steroid dienone is 1. The maximum atomic E-state index is 11.0. The molecule has 0 aromatic heterocycles. The summed E-state index contributed by atoms with van der Waals surface area (Å²) in [5.41, 5.74) is 1.40. The third-order valence-corrected chi connectivity index (χ3v) is 10.4. The van der Waals surface area contributed by atoms with Crippen LogP contribution in [0.3, 0.4) is 0 Å². The third-order valence-electron chi connectivity index (χ3n) is 10.4. The Balaban J connectivity index is 1.48. The Morgan fingerprint density at radius 2 is 1.58 bits per heavy atom. The molecule has 0 heterocycles. The standard InChI is InChI=1S/C24H38O2/c1-21(25)11-12-22(2)15(14-21)5-6-16-17(22)7-9-23(3)18-8-10-24(4,26)20(18)13-19(16)23/h5,16-20,25-26H,6-14H2,1-4H3/t16?,17?,18?,19?,20?,21-,22?,23?,24?/m0/s1. The molecule has 0 saturated heterocycles. The second-order valence-corrected chi connectivity index (χ2v) is 11.8. The molecule has 4 fully saturated rings. The first-order chi connectivity index (χ1) is 12.1. The lowest BCUT2D eigenvalue weighted by Crippen LogP contribution is -2.51. The zero-order valence-corrected chi connectivity index (χ0v) is 17.2. The van der Waals surface area contributed by atoms with E-state index >= 15 is 0 Å². The molecular formula is C24H38O2. The van der Waals surface area contributed by atoms with Crippen LogP contribution in [0.4, 0.5) is 0 Å². The van der Waals surface area contributed by atoms with E-state index in [-0.39, 0.29) is 0 Å². The highest BCUT2D eigenvalue weighted by molar-refractivity contribution is 5.27. The molecule has 9 atom stereocenters. The molecule has 2 N–H and O–H groups in total. The molecule has 2 heteroatoms. The molecule has 0 aromatic rings. The highest BCUT2D eigenvalue weighted by Gasteiger charge is 2.65. The molecule has 0 aliphatic heterocycles. The normalized spacial score (nSPS) is 61.3. The van der Waals surface area contributed by atoms with Crippen molar-refractivity contribution in [2.45, 2.75) is 96.7 Å². The van der Waals surface area contributed by atoms with E-state index in [0.29, 0.717) is 16.7 Å². The van der Waals surface area contributed by atoms with Crippen molar-refractivity contribution in [3.8, 4) is 0 Å². The fourth-order valence-corrected chi connectivity index (χ4v) is 8.81. The fourth-order valence-electron chi connectivity index (χ4n) is 8.81. The van der Waals surface area contributed by atoms with E-state index in [1.807, 2.05) is 6.92 Å². The Hall–Kier alpha value is -0.340. The summed E-state index contributed by atoms with van der Waals surface area (Å²) in [6.45, 7) is 9.23. The molecular weight excluding hydrogens is 320 g/mol. The summed E-state index contributed by atoms with van der Waals surface area (Å²) >= 11 is 0. The van der Waals surface area contributed by atoms with Crippen LogP contribution in [0.2, 0.25) is 0 Å². The van der Waals surface area contributed by atoms with Crippen molar-refractivity contribution >= 4 is 0 Å². The highest BCUT2D eigenvalue weighted by Crippen LogP contribution is 2.71. The SMILES string of the molecule is CC1(O)CCC2C1CC1C3CC=C4C[C@@](C)(O)CCC4(C)C3CCC12C. The van der Waals surface area contributed by atoms with Gasteiger partial charge in [0.1, 0.15) is 0 Å². The summed E-state index contributed by atoms with van der Waals surface area (Å²) in [7, 11) is 0. The van der Waals surface area contributed by atoms with Crippen molar-refractivity contribution in [1.82, 2.24) is 0 Å². The van der Waals surface area contributed by atoms with Gasteiger partial charge < -0.3 is 10.2 Å². The van der Waals surface area contributed by atoms with E-state index in [2.05, 4.69) is 26.8 Å². The highest BCUT2D eigenvalue weighted by atomic mass is 16.3. The average Bonchev–Trinajstić information content (AvgIpc) is 3.03. The minimum atomic E-state index is -0.496. The lowest BCUT2D eigenvalue weighted by molar-refractivity contribution is -0.0657. The molecule has 0 spiro atoms. The van der Waals surface area contributed by atoms with Crippen molar-refractivity contribution in [3.05, 3.63) is 11.6 Å². The van der Waals surface area contributed by atoms with Gasteiger partial charge in [0.15, 0.2) is 0 Å². The number of hydrogen-bond donors (Lipinski definition) is 2. The molecule has 4 saturated carbocycles. The van der Waals surface area contributed by atoms with E-state index in [4.69, 9.17) is 0 Å². The Morgan fingerprint density at radius 3 is 2.35 bits per heavy atom. The van der Waals surface area contributed by atoms with E-state index in [9.17, 15) is 10.2 Å². The number of rotatable bonds is 0. The molecule has 5 rings (SSSR count). The summed E-state index contributed by atoms with van der Waals surface area (Å²) in [6, 6.07) is 0. The van der Waals surface area contributed by atoms with Crippen molar-refractivity contribution in [2.75, 3.05) is 0 Å². The molecule has 0 bridgehead atoms. The summed E-state index contributed by atoms with van der Waals surface area (Å²) in [4.78, 5) is 0. The maximum Gasteiger partial charge on any atom is 0.0657 e. The van der Waals surface area contributed by atoms with Gasteiger partial charge in [-0.1, -0.05) is 25.5 Å². The van der Waals surface area contributed by atoms with Crippen LogP contribution in [0.5, 0.6) is 0 Å². The van der Waals surface area contributed by atoms with Gasteiger partial charge in [-0.25, -0.2) is 0 Å². The summed E-state index contributed by atoms with van der Waals surface area (Å²) in [5.74, 6) is 3.66. The Labute approximate surface area is 159 Å². The number of fused-ring (bicyclic) bond motifs is 7. The molecule has 2 nitrogen and oxygen atoms in total. The molecule has 26 heavy (non-hydrogen) atoms. The smallest absolute Gasteiger partial charge is 0.0657 e. The topological polar surface area (TPSA) is 40.5 Å². The first-order valence-electron chi connectivity index (χ1n) is 11.2. The van der Waals surface area contributed by atoms with Crippen LogP contribution < -0.4 is 0 Å². The molecule has 5 aliphatic carbocycles. The molecule has 5 aliphatic rings. The van der Waals surface area contributed by atoms with E-state index in [0.717, 1.165) is 49.4 Å². The number of hydrogen-bond acceptors (Lipinski definition) is 2. The second kappa shape index (κ2) is 5.17. The van der Waals surface area contributed by atoms with Gasteiger partial charge in [0.25, 0.3) is 0 Å². The van der Waals surface area contributed by atoms with Gasteiger partial charge in [-0.3, -0.25) is 0 Å². The first-order valence-corrected chi connectivity index (χ1v) is 11.2. The summed E-state index contributed by atoms with van der Waals surface area (Å²) in [5, 5.41) is 21.6. The predicted molar refractivity (Wildman–Crippen MR) is 105 cm³/mol. The van der Waals surface area contributed by atoms with Gasteiger partial charge in [-0.15, -0.1) is 0 Å². The van der Waals surface area contributed by atoms with Gasteiger partial charge in [0.2, 0.25) is 0 Å². The summed E-state index contributed by atoms with van der Waals surface area (Å²) < 4.78 is 0. The van der Waals surface area contributed by atoms with E-state index in [1.54, 1.807) is 5.57 Å². The molecule has 0 amide bonds. The zero-order valence-electron chi connectivity index (χ0n) is 17.2. The minimum absolute atomic E-state index is 0.312. The maximum absolute atomic E-state index is 11.0. The first kappa shape index (κ1) is 17.7. The van der Waals surface area contributed by atoms with Crippen LogP contribution in [-0.2, 0) is 0 Å². The fraction of sp³-hybridized carbons (Fsp3) is 0.917. The van der Waals surface area contributed by atoms with Crippen LogP contribution >= 0.6 is 0 Å². The Bertz CT molecular complexity index is 647. The van der Waals surface area contributed by atoms with Crippen LogP contribution in [0.15, 0.2) is 11.6 Å². The average molecular weight is 359 g/mol. The van der Waals surface area contributed by atoms with E-state index < -0.39 is 11.2 Å². The van der Waals surface area contributed by atoms with Crippen molar-refractivity contribution < 1.29 is 10.2 Å². The quantitative estimate of drug-likeness (QED) is 0.592. The molecule has 0 radical (unpaired) electrons. The van der Waals surface area contributed by atoms with Crippen molar-refractivity contribution in [3.63, 3.8) is 0 Å². The third kappa shape index (κ3) is 2.18. The zero-order chi connectivity index (χ0) is 18.5. The van der Waals surface area contributed by atoms with Gasteiger partial charge >= 0.3 is 0 Å². The van der Waals surface area contributed by atoms with Crippen LogP contribution in [0.25, 0.3) is 0 Å². The lowest BCUT2D eigenvalue weighted by Gasteiger charge is -2.59. The van der Waals surface area contributed by atoms with E-state index in [1.165, 1.54) is 32.1 Å². The Kier molecular flexibility index (Phi) is 3.53. The lowest BCUT2D eigenvalue weighted by atomic mass is 9.46.